The van der Waals surface area contributed by atoms with Gasteiger partial charge in [-0.15, -0.1) is 11.6 Å². The molecule has 1 aliphatic rings. The van der Waals surface area contributed by atoms with Crippen molar-refractivity contribution >= 4 is 17.4 Å². The number of alkyl halides is 1. The molecule has 0 radical (unpaired) electrons. The van der Waals surface area contributed by atoms with Gasteiger partial charge in [0.15, 0.2) is 0 Å². The van der Waals surface area contributed by atoms with Crippen molar-refractivity contribution in [1.82, 2.24) is 4.98 Å². The van der Waals surface area contributed by atoms with Gasteiger partial charge in [-0.3, -0.25) is 0 Å². The average Bonchev–Trinajstić information content (AvgIpc) is 2.28. The third kappa shape index (κ3) is 3.38. The van der Waals surface area contributed by atoms with Gasteiger partial charge in [0.05, 0.1) is 0 Å². The number of aromatic nitrogens is 1. The van der Waals surface area contributed by atoms with Crippen LogP contribution in [0.2, 0.25) is 0 Å². The third-order valence-corrected chi connectivity index (χ3v) is 3.35. The maximum Gasteiger partial charge on any atom is 0.125 e. The lowest BCUT2D eigenvalue weighted by molar-refractivity contribution is 0.378. The van der Waals surface area contributed by atoms with E-state index in [0.29, 0.717) is 11.3 Å². The summed E-state index contributed by atoms with van der Waals surface area (Å²) in [7, 11) is 0. The van der Waals surface area contributed by atoms with Crippen LogP contribution < -0.4 is 5.32 Å². The molecule has 0 bridgehead atoms. The fourth-order valence-corrected chi connectivity index (χ4v) is 2.53. The van der Waals surface area contributed by atoms with Crippen LogP contribution in [0.15, 0.2) is 24.4 Å². The Labute approximate surface area is 96.1 Å². The summed E-state index contributed by atoms with van der Waals surface area (Å²) < 4.78 is 0. The van der Waals surface area contributed by atoms with E-state index in [9.17, 15) is 0 Å². The van der Waals surface area contributed by atoms with Crippen molar-refractivity contribution in [3.8, 4) is 0 Å². The molecule has 0 spiro atoms. The van der Waals surface area contributed by atoms with Gasteiger partial charge >= 0.3 is 0 Å². The zero-order chi connectivity index (χ0) is 10.5. The van der Waals surface area contributed by atoms with E-state index in [-0.39, 0.29) is 0 Å². The van der Waals surface area contributed by atoms with Crippen molar-refractivity contribution in [2.45, 2.75) is 31.1 Å². The molecule has 1 aliphatic carbocycles. The molecule has 0 aromatic carbocycles. The molecular weight excluding hydrogens is 208 g/mol. The zero-order valence-corrected chi connectivity index (χ0v) is 9.58. The SMILES string of the molecule is ClC1CCCC(CNc2ccccn2)C1. The molecule has 0 saturated heterocycles. The number of anilines is 1. The van der Waals surface area contributed by atoms with Gasteiger partial charge in [0.25, 0.3) is 0 Å². The van der Waals surface area contributed by atoms with E-state index >= 15 is 0 Å². The van der Waals surface area contributed by atoms with Gasteiger partial charge in [-0.1, -0.05) is 12.5 Å². The van der Waals surface area contributed by atoms with Crippen LogP contribution in [-0.4, -0.2) is 16.9 Å². The lowest BCUT2D eigenvalue weighted by atomic mass is 9.89. The molecule has 1 aromatic heterocycles. The molecule has 1 aromatic rings. The second-order valence-electron chi connectivity index (χ2n) is 4.23. The van der Waals surface area contributed by atoms with Crippen LogP contribution in [0, 0.1) is 5.92 Å². The van der Waals surface area contributed by atoms with Crippen molar-refractivity contribution in [2.75, 3.05) is 11.9 Å². The summed E-state index contributed by atoms with van der Waals surface area (Å²) >= 11 is 6.15. The number of hydrogen-bond donors (Lipinski definition) is 1. The molecule has 1 N–H and O–H groups in total. The molecule has 82 valence electrons. The van der Waals surface area contributed by atoms with Crippen LogP contribution in [0.25, 0.3) is 0 Å². The second-order valence-corrected chi connectivity index (χ2v) is 4.84. The van der Waals surface area contributed by atoms with E-state index in [1.807, 2.05) is 24.4 Å². The van der Waals surface area contributed by atoms with Crippen molar-refractivity contribution in [2.24, 2.45) is 5.92 Å². The van der Waals surface area contributed by atoms with E-state index in [0.717, 1.165) is 18.8 Å². The third-order valence-electron chi connectivity index (χ3n) is 2.96. The summed E-state index contributed by atoms with van der Waals surface area (Å²) in [5, 5.41) is 3.75. The predicted molar refractivity (Wildman–Crippen MR) is 64.3 cm³/mol. The first-order chi connectivity index (χ1) is 7.34. The smallest absolute Gasteiger partial charge is 0.125 e. The Bertz CT molecular complexity index is 289. The van der Waals surface area contributed by atoms with Crippen LogP contribution in [0.4, 0.5) is 5.82 Å². The second kappa shape index (κ2) is 5.36. The van der Waals surface area contributed by atoms with Gasteiger partial charge in [-0.25, -0.2) is 4.98 Å². The molecule has 3 heteroatoms. The molecule has 0 amide bonds. The highest BCUT2D eigenvalue weighted by Gasteiger charge is 2.19. The molecule has 2 nitrogen and oxygen atoms in total. The summed E-state index contributed by atoms with van der Waals surface area (Å²) in [4.78, 5) is 4.24. The molecule has 0 aliphatic heterocycles. The monoisotopic (exact) mass is 224 g/mol. The van der Waals surface area contributed by atoms with E-state index in [1.165, 1.54) is 19.3 Å². The molecule has 1 heterocycles. The van der Waals surface area contributed by atoms with Gasteiger partial charge < -0.3 is 5.32 Å². The first kappa shape index (κ1) is 10.7. The number of nitrogens with one attached hydrogen (secondary N) is 1. The van der Waals surface area contributed by atoms with Crippen LogP contribution in [-0.2, 0) is 0 Å². The fraction of sp³-hybridized carbons (Fsp3) is 0.583. The highest BCUT2D eigenvalue weighted by Crippen LogP contribution is 2.27. The van der Waals surface area contributed by atoms with Crippen LogP contribution in [0.1, 0.15) is 25.7 Å². The molecule has 15 heavy (non-hydrogen) atoms. The molecule has 1 fully saturated rings. The van der Waals surface area contributed by atoms with Crippen molar-refractivity contribution in [3.05, 3.63) is 24.4 Å². The summed E-state index contributed by atoms with van der Waals surface area (Å²) in [5.74, 6) is 1.68. The Kier molecular flexibility index (Phi) is 3.84. The first-order valence-corrected chi connectivity index (χ1v) is 6.07. The fourth-order valence-electron chi connectivity index (χ4n) is 2.13. The normalized spacial score (nSPS) is 26.2. The highest BCUT2D eigenvalue weighted by molar-refractivity contribution is 6.20. The van der Waals surface area contributed by atoms with E-state index in [2.05, 4.69) is 10.3 Å². The number of rotatable bonds is 3. The number of nitrogens with zero attached hydrogens (tertiary/aromatic N) is 1. The predicted octanol–water partition coefficient (Wildman–Crippen LogP) is 3.29. The van der Waals surface area contributed by atoms with Gasteiger partial charge in [-0.05, 0) is 37.3 Å². The minimum Gasteiger partial charge on any atom is -0.370 e. The van der Waals surface area contributed by atoms with Crippen molar-refractivity contribution < 1.29 is 0 Å². The minimum atomic E-state index is 0.384. The Balaban J connectivity index is 1.78. The molecule has 1 saturated carbocycles. The number of pyridine rings is 1. The lowest BCUT2D eigenvalue weighted by Crippen LogP contribution is -2.22. The standard InChI is InChI=1S/C12H17ClN2/c13-11-5-3-4-10(8-11)9-15-12-6-1-2-7-14-12/h1-2,6-7,10-11H,3-5,8-9H2,(H,14,15). The molecule has 2 atom stereocenters. The Morgan fingerprint density at radius 3 is 3.07 bits per heavy atom. The largest absolute Gasteiger partial charge is 0.370 e. The lowest BCUT2D eigenvalue weighted by Gasteiger charge is -2.25. The summed E-state index contributed by atoms with van der Waals surface area (Å²) in [5.41, 5.74) is 0. The van der Waals surface area contributed by atoms with Gasteiger partial charge in [0.2, 0.25) is 0 Å². The van der Waals surface area contributed by atoms with Gasteiger partial charge in [0, 0.05) is 18.1 Å². The highest BCUT2D eigenvalue weighted by atomic mass is 35.5. The average molecular weight is 225 g/mol. The number of hydrogen-bond acceptors (Lipinski definition) is 2. The van der Waals surface area contributed by atoms with Crippen LogP contribution in [0.5, 0.6) is 0 Å². The zero-order valence-electron chi connectivity index (χ0n) is 8.82. The van der Waals surface area contributed by atoms with Crippen molar-refractivity contribution in [1.29, 1.82) is 0 Å². The first-order valence-electron chi connectivity index (χ1n) is 5.63. The minimum absolute atomic E-state index is 0.384. The molecule has 2 unspecified atom stereocenters. The quantitative estimate of drug-likeness (QED) is 0.797. The van der Waals surface area contributed by atoms with Gasteiger partial charge in [0.1, 0.15) is 5.82 Å². The van der Waals surface area contributed by atoms with E-state index in [1.54, 1.807) is 0 Å². The summed E-state index contributed by atoms with van der Waals surface area (Å²) in [6.07, 6.45) is 6.70. The van der Waals surface area contributed by atoms with E-state index < -0.39 is 0 Å². The summed E-state index contributed by atoms with van der Waals surface area (Å²) in [6, 6.07) is 5.93. The summed E-state index contributed by atoms with van der Waals surface area (Å²) in [6.45, 7) is 1.00. The van der Waals surface area contributed by atoms with E-state index in [4.69, 9.17) is 11.6 Å². The topological polar surface area (TPSA) is 24.9 Å². The Hall–Kier alpha value is -0.760. The molecular formula is C12H17ClN2. The van der Waals surface area contributed by atoms with Gasteiger partial charge in [-0.2, -0.15) is 0 Å². The van der Waals surface area contributed by atoms with Crippen molar-refractivity contribution in [3.63, 3.8) is 0 Å². The van der Waals surface area contributed by atoms with Crippen LogP contribution >= 0.6 is 11.6 Å². The van der Waals surface area contributed by atoms with Crippen LogP contribution in [0.3, 0.4) is 0 Å². The Morgan fingerprint density at radius 1 is 1.40 bits per heavy atom. The maximum absolute atomic E-state index is 6.15. The number of halogens is 1. The Morgan fingerprint density at radius 2 is 2.33 bits per heavy atom. The molecule has 2 rings (SSSR count). The maximum atomic E-state index is 6.15.